The molecule has 206 valence electrons. The number of halogens is 1. The van der Waals surface area contributed by atoms with Gasteiger partial charge in [-0.2, -0.15) is 0 Å². The summed E-state index contributed by atoms with van der Waals surface area (Å²) in [5.41, 5.74) is 3.21. The number of thioether (sulfide) groups is 1. The van der Waals surface area contributed by atoms with E-state index in [9.17, 15) is 14.0 Å². The Morgan fingerprint density at radius 2 is 1.68 bits per heavy atom. The summed E-state index contributed by atoms with van der Waals surface area (Å²) in [5, 5.41) is 9.79. The number of aryl methyl sites for hydroxylation is 1. The Morgan fingerprint density at radius 3 is 2.42 bits per heavy atom. The van der Waals surface area contributed by atoms with E-state index < -0.39 is 5.82 Å². The highest BCUT2D eigenvalue weighted by Crippen LogP contribution is 2.30. The fourth-order valence-electron chi connectivity index (χ4n) is 4.99. The average Bonchev–Trinajstić information content (AvgIpc) is 3.39. The van der Waals surface area contributed by atoms with Crippen molar-refractivity contribution in [2.75, 3.05) is 25.4 Å². The van der Waals surface area contributed by atoms with Crippen LogP contribution in [0.25, 0.3) is 17.1 Å². The molecule has 0 radical (unpaired) electrons. The van der Waals surface area contributed by atoms with Gasteiger partial charge in [0.2, 0.25) is 5.91 Å². The van der Waals surface area contributed by atoms with Crippen LogP contribution in [0.3, 0.4) is 0 Å². The zero-order valence-electron chi connectivity index (χ0n) is 22.7. The number of amides is 2. The molecule has 1 fully saturated rings. The third-order valence-electron chi connectivity index (χ3n) is 7.13. The summed E-state index contributed by atoms with van der Waals surface area (Å²) < 4.78 is 16.2. The summed E-state index contributed by atoms with van der Waals surface area (Å²) in [7, 11) is 0. The summed E-state index contributed by atoms with van der Waals surface area (Å²) in [6, 6.07) is 24.0. The molecule has 1 aliphatic heterocycles. The molecule has 1 saturated heterocycles. The Kier molecular flexibility index (Phi) is 8.60. The SMILES string of the molecule is Cc1ccccc1-n1c(SCCCC(=O)N2CCN(C(=O)c3ccccc3F)C(C)C2)nnc1-c1ccccc1. The zero-order chi connectivity index (χ0) is 28.1. The highest BCUT2D eigenvalue weighted by Gasteiger charge is 2.31. The van der Waals surface area contributed by atoms with Crippen LogP contribution in [0.5, 0.6) is 0 Å². The molecule has 2 heterocycles. The van der Waals surface area contributed by atoms with Crippen LogP contribution in [-0.2, 0) is 4.79 Å². The summed E-state index contributed by atoms with van der Waals surface area (Å²) in [6.45, 7) is 5.24. The van der Waals surface area contributed by atoms with E-state index in [2.05, 4.69) is 33.8 Å². The fraction of sp³-hybridized carbons (Fsp3) is 0.290. The Bertz CT molecular complexity index is 1490. The van der Waals surface area contributed by atoms with Crippen molar-refractivity contribution >= 4 is 23.6 Å². The summed E-state index contributed by atoms with van der Waals surface area (Å²) in [4.78, 5) is 29.3. The van der Waals surface area contributed by atoms with Crippen LogP contribution >= 0.6 is 11.8 Å². The van der Waals surface area contributed by atoms with Gasteiger partial charge in [0, 0.05) is 43.4 Å². The number of hydrogen-bond donors (Lipinski definition) is 0. The van der Waals surface area contributed by atoms with Crippen molar-refractivity contribution < 1.29 is 14.0 Å². The molecule has 9 heteroatoms. The van der Waals surface area contributed by atoms with Gasteiger partial charge >= 0.3 is 0 Å². The lowest BCUT2D eigenvalue weighted by molar-refractivity contribution is -0.133. The monoisotopic (exact) mass is 557 g/mol. The Labute approximate surface area is 238 Å². The quantitative estimate of drug-likeness (QED) is 0.208. The minimum Gasteiger partial charge on any atom is -0.339 e. The molecule has 4 aromatic rings. The topological polar surface area (TPSA) is 71.3 Å². The smallest absolute Gasteiger partial charge is 0.257 e. The van der Waals surface area contributed by atoms with E-state index in [1.54, 1.807) is 28.8 Å². The molecule has 1 aromatic heterocycles. The fourth-order valence-corrected chi connectivity index (χ4v) is 5.87. The first kappa shape index (κ1) is 27.6. The third kappa shape index (κ3) is 5.94. The minimum absolute atomic E-state index is 0.0655. The molecule has 0 bridgehead atoms. The van der Waals surface area contributed by atoms with Gasteiger partial charge in [-0.3, -0.25) is 14.2 Å². The van der Waals surface area contributed by atoms with E-state index in [0.29, 0.717) is 38.2 Å². The molecule has 1 atom stereocenters. The number of hydrogen-bond acceptors (Lipinski definition) is 5. The van der Waals surface area contributed by atoms with Gasteiger partial charge in [0.15, 0.2) is 11.0 Å². The van der Waals surface area contributed by atoms with Gasteiger partial charge in [0.25, 0.3) is 5.91 Å². The van der Waals surface area contributed by atoms with Crippen molar-refractivity contribution in [3.63, 3.8) is 0 Å². The number of carbonyl (C=O) groups is 2. The molecule has 40 heavy (non-hydrogen) atoms. The van der Waals surface area contributed by atoms with Gasteiger partial charge in [-0.15, -0.1) is 10.2 Å². The van der Waals surface area contributed by atoms with Gasteiger partial charge in [-0.1, -0.05) is 72.4 Å². The van der Waals surface area contributed by atoms with Crippen molar-refractivity contribution in [1.82, 2.24) is 24.6 Å². The Morgan fingerprint density at radius 1 is 0.950 bits per heavy atom. The van der Waals surface area contributed by atoms with Crippen molar-refractivity contribution in [2.24, 2.45) is 0 Å². The maximum Gasteiger partial charge on any atom is 0.257 e. The number of aromatic nitrogens is 3. The molecule has 0 spiro atoms. The molecule has 5 rings (SSSR count). The Balaban J connectivity index is 1.18. The standard InChI is InChI=1S/C31H32FN5O2S/c1-22-11-6-9-16-27(22)37-29(24-12-4-3-5-13-24)33-34-31(37)40-20-10-17-28(38)35-18-19-36(23(2)21-35)30(39)25-14-7-8-15-26(25)32/h3-9,11-16,23H,10,17-21H2,1-2H3. The first-order valence-electron chi connectivity index (χ1n) is 13.5. The molecule has 0 saturated carbocycles. The second-order valence-corrected chi connectivity index (χ2v) is 11.0. The predicted octanol–water partition coefficient (Wildman–Crippen LogP) is 5.63. The molecule has 1 aliphatic rings. The normalized spacial score (nSPS) is 15.3. The maximum atomic E-state index is 14.1. The van der Waals surface area contributed by atoms with Crippen LogP contribution in [0, 0.1) is 12.7 Å². The lowest BCUT2D eigenvalue weighted by Gasteiger charge is -2.40. The molecule has 1 unspecified atom stereocenters. The Hall–Kier alpha value is -3.98. The van der Waals surface area contributed by atoms with Crippen molar-refractivity contribution in [2.45, 2.75) is 37.9 Å². The van der Waals surface area contributed by atoms with E-state index in [1.807, 2.05) is 54.3 Å². The number of piperazine rings is 1. The van der Waals surface area contributed by atoms with E-state index in [0.717, 1.165) is 27.8 Å². The number of nitrogens with zero attached hydrogens (tertiary/aromatic N) is 5. The molecular formula is C31H32FN5O2S. The van der Waals surface area contributed by atoms with Gasteiger partial charge < -0.3 is 9.80 Å². The van der Waals surface area contributed by atoms with Gasteiger partial charge in [-0.25, -0.2) is 4.39 Å². The van der Waals surface area contributed by atoms with Gasteiger partial charge in [0.05, 0.1) is 11.3 Å². The summed E-state index contributed by atoms with van der Waals surface area (Å²) >= 11 is 1.59. The third-order valence-corrected chi connectivity index (χ3v) is 8.15. The molecular weight excluding hydrogens is 525 g/mol. The van der Waals surface area contributed by atoms with Crippen LogP contribution in [0.2, 0.25) is 0 Å². The van der Waals surface area contributed by atoms with Crippen molar-refractivity contribution in [3.05, 3.63) is 95.8 Å². The van der Waals surface area contributed by atoms with Crippen LogP contribution in [0.4, 0.5) is 4.39 Å². The highest BCUT2D eigenvalue weighted by atomic mass is 32.2. The number of benzene rings is 3. The first-order chi connectivity index (χ1) is 19.4. The van der Waals surface area contributed by atoms with Crippen LogP contribution in [-0.4, -0.2) is 67.8 Å². The summed E-state index contributed by atoms with van der Waals surface area (Å²) in [5.74, 6) is 0.707. The second kappa shape index (κ2) is 12.5. The average molecular weight is 558 g/mol. The number of carbonyl (C=O) groups excluding carboxylic acids is 2. The minimum atomic E-state index is -0.523. The zero-order valence-corrected chi connectivity index (χ0v) is 23.5. The largest absolute Gasteiger partial charge is 0.339 e. The second-order valence-electron chi connectivity index (χ2n) is 9.91. The molecule has 3 aromatic carbocycles. The van der Waals surface area contributed by atoms with E-state index in [1.165, 1.54) is 12.1 Å². The summed E-state index contributed by atoms with van der Waals surface area (Å²) in [6.07, 6.45) is 1.10. The highest BCUT2D eigenvalue weighted by molar-refractivity contribution is 7.99. The van der Waals surface area contributed by atoms with Crippen molar-refractivity contribution in [1.29, 1.82) is 0 Å². The van der Waals surface area contributed by atoms with Gasteiger partial charge in [0.1, 0.15) is 5.82 Å². The number of rotatable bonds is 8. The molecule has 0 aliphatic carbocycles. The molecule has 0 N–H and O–H groups in total. The van der Waals surface area contributed by atoms with Crippen LogP contribution in [0.15, 0.2) is 84.0 Å². The maximum absolute atomic E-state index is 14.1. The lowest BCUT2D eigenvalue weighted by atomic mass is 10.1. The first-order valence-corrected chi connectivity index (χ1v) is 14.5. The molecule has 7 nitrogen and oxygen atoms in total. The van der Waals surface area contributed by atoms with Crippen LogP contribution < -0.4 is 0 Å². The van der Waals surface area contributed by atoms with Crippen LogP contribution in [0.1, 0.15) is 35.7 Å². The van der Waals surface area contributed by atoms with Gasteiger partial charge in [-0.05, 0) is 44.0 Å². The number of para-hydroxylation sites is 1. The predicted molar refractivity (Wildman–Crippen MR) is 155 cm³/mol. The van der Waals surface area contributed by atoms with E-state index >= 15 is 0 Å². The molecule has 2 amide bonds. The lowest BCUT2D eigenvalue weighted by Crippen LogP contribution is -2.55. The van der Waals surface area contributed by atoms with E-state index in [-0.39, 0.29) is 23.4 Å². The van der Waals surface area contributed by atoms with Crippen molar-refractivity contribution in [3.8, 4) is 17.1 Å². The van der Waals surface area contributed by atoms with E-state index in [4.69, 9.17) is 0 Å².